The molecule has 0 aromatic rings. The maximum atomic E-state index is 12.2. The lowest BCUT2D eigenvalue weighted by Gasteiger charge is -2.51. The topological polar surface area (TPSA) is 35.5 Å². The zero-order valence-electron chi connectivity index (χ0n) is 10.4. The largest absolute Gasteiger partial charge is 0.359 e. The lowest BCUT2D eigenvalue weighted by molar-refractivity contribution is -0.189. The van der Waals surface area contributed by atoms with E-state index >= 15 is 0 Å². The third kappa shape index (κ3) is 1.91. The molecule has 0 atom stereocenters. The van der Waals surface area contributed by atoms with Gasteiger partial charge >= 0.3 is 0 Å². The van der Waals surface area contributed by atoms with E-state index < -0.39 is 0 Å². The van der Waals surface area contributed by atoms with Gasteiger partial charge in [0.05, 0.1) is 5.60 Å². The van der Waals surface area contributed by atoms with Crippen molar-refractivity contribution in [3.05, 3.63) is 0 Å². The highest BCUT2D eigenvalue weighted by Gasteiger charge is 2.54. The van der Waals surface area contributed by atoms with Gasteiger partial charge in [0.1, 0.15) is 12.6 Å². The molecule has 92 valence electrons. The fraction of sp³-hybridized carbons (Fsp3) is 0.923. The van der Waals surface area contributed by atoms with Crippen LogP contribution in [0.5, 0.6) is 0 Å². The van der Waals surface area contributed by atoms with Gasteiger partial charge in [-0.05, 0) is 32.1 Å². The monoisotopic (exact) mass is 226 g/mol. The molecule has 0 aromatic heterocycles. The van der Waals surface area contributed by atoms with Crippen LogP contribution < -0.4 is 0 Å². The highest BCUT2D eigenvalue weighted by atomic mass is 16.7. The van der Waals surface area contributed by atoms with Gasteiger partial charge in [-0.25, -0.2) is 0 Å². The van der Waals surface area contributed by atoms with Gasteiger partial charge in [-0.2, -0.15) is 0 Å². The number of fused-ring (bicyclic) bond motifs is 3. The Labute approximate surface area is 97.5 Å². The molecule has 3 rings (SSSR count). The molecule has 3 aliphatic carbocycles. The first-order valence-corrected chi connectivity index (χ1v) is 6.33. The zero-order chi connectivity index (χ0) is 11.6. The Bertz CT molecular complexity index is 264. The van der Waals surface area contributed by atoms with E-state index in [0.29, 0.717) is 19.0 Å². The first kappa shape index (κ1) is 12.1. The number of ketones is 1. The molecule has 0 amide bonds. The molecule has 0 aliphatic heterocycles. The summed E-state index contributed by atoms with van der Waals surface area (Å²) in [4.78, 5) is 12.2. The first-order chi connectivity index (χ1) is 7.66. The van der Waals surface area contributed by atoms with Crippen LogP contribution in [0.3, 0.4) is 0 Å². The van der Waals surface area contributed by atoms with Gasteiger partial charge in [0, 0.05) is 18.9 Å². The van der Waals surface area contributed by atoms with Crippen LogP contribution in [0, 0.1) is 5.41 Å². The van der Waals surface area contributed by atoms with Crippen molar-refractivity contribution in [3.8, 4) is 0 Å². The predicted molar refractivity (Wildman–Crippen MR) is 61.1 cm³/mol. The van der Waals surface area contributed by atoms with Crippen LogP contribution in [0.1, 0.15) is 51.9 Å². The van der Waals surface area contributed by atoms with Gasteiger partial charge in [0.2, 0.25) is 0 Å². The maximum Gasteiger partial charge on any atom is 0.147 e. The molecular weight excluding hydrogens is 204 g/mol. The van der Waals surface area contributed by atoms with Crippen LogP contribution in [0.15, 0.2) is 0 Å². The van der Waals surface area contributed by atoms with Crippen LogP contribution in [0.4, 0.5) is 0 Å². The van der Waals surface area contributed by atoms with Gasteiger partial charge in [-0.15, -0.1) is 0 Å². The summed E-state index contributed by atoms with van der Waals surface area (Å²) in [7, 11) is 1.63. The van der Waals surface area contributed by atoms with Gasteiger partial charge < -0.3 is 9.47 Å². The molecule has 3 heteroatoms. The fourth-order valence-corrected chi connectivity index (χ4v) is 3.37. The predicted octanol–water partition coefficient (Wildman–Crippen LogP) is 2.68. The summed E-state index contributed by atoms with van der Waals surface area (Å²) in [6.07, 6.45) is 6.87. The van der Waals surface area contributed by atoms with Crippen molar-refractivity contribution < 1.29 is 14.3 Å². The molecule has 0 radical (unpaired) electrons. The molecule has 0 N–H and O–H groups in total. The Morgan fingerprint density at radius 2 is 1.94 bits per heavy atom. The number of Topliss-reactive ketones (excluding diaryl/α,β-unsaturated/α-hetero) is 1. The molecule has 0 aromatic carbocycles. The first-order valence-electron chi connectivity index (χ1n) is 6.33. The third-order valence-electron chi connectivity index (χ3n) is 4.40. The van der Waals surface area contributed by atoms with E-state index in [1.54, 1.807) is 7.11 Å². The van der Waals surface area contributed by atoms with Crippen LogP contribution in [-0.4, -0.2) is 25.3 Å². The normalized spacial score (nSPS) is 38.0. The van der Waals surface area contributed by atoms with Crippen molar-refractivity contribution in [1.82, 2.24) is 0 Å². The molecular formula is C13H22O3. The molecule has 2 bridgehead atoms. The smallest absolute Gasteiger partial charge is 0.147 e. The summed E-state index contributed by atoms with van der Waals surface area (Å²) in [5.74, 6) is 0.433. The molecule has 0 spiro atoms. The van der Waals surface area contributed by atoms with Gasteiger partial charge in [-0.3, -0.25) is 4.79 Å². The molecule has 3 nitrogen and oxygen atoms in total. The number of methoxy groups -OCH3 is 1. The number of hydrogen-bond acceptors (Lipinski definition) is 3. The zero-order valence-corrected chi connectivity index (χ0v) is 10.4. The number of carbonyl (C=O) groups is 1. The second-order valence-corrected chi connectivity index (χ2v) is 5.36. The Hall–Kier alpha value is -0.410. The number of ether oxygens (including phenoxy) is 2. The summed E-state index contributed by atoms with van der Waals surface area (Å²) < 4.78 is 10.7. The van der Waals surface area contributed by atoms with Crippen LogP contribution in [0.25, 0.3) is 0 Å². The van der Waals surface area contributed by atoms with Crippen LogP contribution >= 0.6 is 0 Å². The van der Waals surface area contributed by atoms with E-state index in [2.05, 4.69) is 6.92 Å². The highest BCUT2D eigenvalue weighted by molar-refractivity contribution is 5.87. The summed E-state index contributed by atoms with van der Waals surface area (Å²) in [5, 5.41) is 0. The number of rotatable bonds is 5. The molecule has 0 saturated heterocycles. The lowest BCUT2D eigenvalue weighted by Crippen LogP contribution is -2.53. The second kappa shape index (κ2) is 4.46. The maximum absolute atomic E-state index is 12.2. The quantitative estimate of drug-likeness (QED) is 0.676. The second-order valence-electron chi connectivity index (χ2n) is 5.36. The average Bonchev–Trinajstić information content (AvgIpc) is 2.29. The molecule has 0 unspecified atom stereocenters. The minimum atomic E-state index is -0.192. The van der Waals surface area contributed by atoms with Crippen molar-refractivity contribution >= 4 is 5.78 Å². The summed E-state index contributed by atoms with van der Waals surface area (Å²) in [6, 6.07) is 0. The minimum absolute atomic E-state index is 0.00688. The molecule has 3 saturated carbocycles. The van der Waals surface area contributed by atoms with E-state index in [-0.39, 0.29) is 11.0 Å². The van der Waals surface area contributed by atoms with Crippen molar-refractivity contribution in [2.45, 2.75) is 57.5 Å². The number of hydrogen-bond donors (Lipinski definition) is 0. The number of carbonyl (C=O) groups excluding carboxylic acids is 1. The van der Waals surface area contributed by atoms with E-state index in [4.69, 9.17) is 9.47 Å². The van der Waals surface area contributed by atoms with E-state index in [9.17, 15) is 4.79 Å². The average molecular weight is 226 g/mol. The SMILES string of the molecule is CCCC12CCC(OCOC)(CC1)CC2=O. The van der Waals surface area contributed by atoms with Crippen LogP contribution in [0.2, 0.25) is 0 Å². The Balaban J connectivity index is 2.05. The van der Waals surface area contributed by atoms with Crippen molar-refractivity contribution in [3.63, 3.8) is 0 Å². The van der Waals surface area contributed by atoms with Crippen molar-refractivity contribution in [1.29, 1.82) is 0 Å². The molecule has 0 heterocycles. The Morgan fingerprint density at radius 3 is 2.44 bits per heavy atom. The molecule has 3 aliphatic rings. The molecule has 16 heavy (non-hydrogen) atoms. The van der Waals surface area contributed by atoms with E-state index in [1.165, 1.54) is 0 Å². The summed E-state index contributed by atoms with van der Waals surface area (Å²) in [5.41, 5.74) is -0.185. The standard InChI is InChI=1S/C13H22O3/c1-3-4-12-5-7-13(8-6-12,9-11(12)14)16-10-15-2/h3-10H2,1-2H3. The highest BCUT2D eigenvalue weighted by Crippen LogP contribution is 2.53. The van der Waals surface area contributed by atoms with Crippen LogP contribution in [-0.2, 0) is 14.3 Å². The summed E-state index contributed by atoms with van der Waals surface area (Å²) >= 11 is 0. The van der Waals surface area contributed by atoms with E-state index in [1.807, 2.05) is 0 Å². The summed E-state index contributed by atoms with van der Waals surface area (Å²) in [6.45, 7) is 2.48. The van der Waals surface area contributed by atoms with Gasteiger partial charge in [0.15, 0.2) is 0 Å². The Morgan fingerprint density at radius 1 is 1.25 bits per heavy atom. The lowest BCUT2D eigenvalue weighted by atomic mass is 9.56. The van der Waals surface area contributed by atoms with Gasteiger partial charge in [0.25, 0.3) is 0 Å². The fourth-order valence-electron chi connectivity index (χ4n) is 3.37. The van der Waals surface area contributed by atoms with Crippen molar-refractivity contribution in [2.75, 3.05) is 13.9 Å². The Kier molecular flexibility index (Phi) is 3.36. The minimum Gasteiger partial charge on any atom is -0.359 e. The van der Waals surface area contributed by atoms with E-state index in [0.717, 1.165) is 38.5 Å². The van der Waals surface area contributed by atoms with Crippen molar-refractivity contribution in [2.24, 2.45) is 5.41 Å². The molecule has 3 fully saturated rings. The van der Waals surface area contributed by atoms with Gasteiger partial charge in [-0.1, -0.05) is 13.3 Å². The third-order valence-corrected chi connectivity index (χ3v) is 4.40.